The highest BCUT2D eigenvalue weighted by Gasteiger charge is 2.13. The van der Waals surface area contributed by atoms with Crippen LogP contribution in [-0.4, -0.2) is 17.6 Å². The van der Waals surface area contributed by atoms with Crippen molar-refractivity contribution < 1.29 is 9.59 Å². The van der Waals surface area contributed by atoms with Crippen molar-refractivity contribution >= 4 is 40.9 Å². The Balaban J connectivity index is 1.89. The topological polar surface area (TPSA) is 72.2 Å². The summed E-state index contributed by atoms with van der Waals surface area (Å²) in [6.45, 7) is 0. The van der Waals surface area contributed by atoms with Gasteiger partial charge in [-0.2, -0.15) is 0 Å². The Labute approximate surface area is 131 Å². The van der Waals surface area contributed by atoms with Gasteiger partial charge in [0, 0.05) is 10.6 Å². The number of carbonyl (C=O) groups excluding carboxylic acids is 2. The molecule has 0 unspecified atom stereocenters. The lowest BCUT2D eigenvalue weighted by molar-refractivity contribution is -0.117. The molecule has 0 atom stereocenters. The van der Waals surface area contributed by atoms with E-state index in [0.29, 0.717) is 10.7 Å². The number of halogens is 1. The molecule has 0 aliphatic rings. The standard InChI is InChI=1S/C15H13ClN2O2S/c16-13-4-2-1-3-12(13)15(20)18-14(19)9-21-11-7-5-10(17)6-8-11/h1-8H,9,17H2,(H,18,19,20). The number of benzene rings is 2. The Bertz CT molecular complexity index is 659. The van der Waals surface area contributed by atoms with E-state index in [4.69, 9.17) is 17.3 Å². The third-order valence-electron chi connectivity index (χ3n) is 2.62. The first-order valence-electron chi connectivity index (χ1n) is 6.13. The van der Waals surface area contributed by atoms with Crippen LogP contribution >= 0.6 is 23.4 Å². The normalized spacial score (nSPS) is 10.1. The van der Waals surface area contributed by atoms with E-state index in [0.717, 1.165) is 4.90 Å². The van der Waals surface area contributed by atoms with Gasteiger partial charge >= 0.3 is 0 Å². The molecule has 0 aliphatic heterocycles. The van der Waals surface area contributed by atoms with Gasteiger partial charge in [0.05, 0.1) is 16.3 Å². The van der Waals surface area contributed by atoms with Crippen LogP contribution in [0.1, 0.15) is 10.4 Å². The summed E-state index contributed by atoms with van der Waals surface area (Å²) < 4.78 is 0. The molecule has 0 aliphatic carbocycles. The van der Waals surface area contributed by atoms with Crippen molar-refractivity contribution in [3.8, 4) is 0 Å². The highest BCUT2D eigenvalue weighted by atomic mass is 35.5. The van der Waals surface area contributed by atoms with Crippen LogP contribution in [0.25, 0.3) is 0 Å². The van der Waals surface area contributed by atoms with Crippen LogP contribution in [0, 0.1) is 0 Å². The summed E-state index contributed by atoms with van der Waals surface area (Å²) in [7, 11) is 0. The highest BCUT2D eigenvalue weighted by Crippen LogP contribution is 2.19. The number of hydrogen-bond acceptors (Lipinski definition) is 4. The quantitative estimate of drug-likeness (QED) is 0.671. The van der Waals surface area contributed by atoms with E-state index in [1.54, 1.807) is 36.4 Å². The van der Waals surface area contributed by atoms with Crippen molar-refractivity contribution in [1.82, 2.24) is 5.32 Å². The van der Waals surface area contributed by atoms with Gasteiger partial charge in [-0.15, -0.1) is 11.8 Å². The van der Waals surface area contributed by atoms with E-state index >= 15 is 0 Å². The molecule has 0 heterocycles. The number of amides is 2. The fourth-order valence-corrected chi connectivity index (χ4v) is 2.51. The Kier molecular flexibility index (Phi) is 5.25. The van der Waals surface area contributed by atoms with E-state index in [-0.39, 0.29) is 17.2 Å². The second-order valence-electron chi connectivity index (χ2n) is 4.21. The van der Waals surface area contributed by atoms with Gasteiger partial charge in [0.2, 0.25) is 5.91 Å². The van der Waals surface area contributed by atoms with Crippen molar-refractivity contribution in [3.05, 3.63) is 59.1 Å². The Morgan fingerprint density at radius 1 is 1.10 bits per heavy atom. The molecule has 0 bridgehead atoms. The van der Waals surface area contributed by atoms with E-state index in [9.17, 15) is 9.59 Å². The van der Waals surface area contributed by atoms with E-state index in [2.05, 4.69) is 5.32 Å². The minimum atomic E-state index is -0.497. The summed E-state index contributed by atoms with van der Waals surface area (Å²) >= 11 is 7.23. The number of rotatable bonds is 4. The van der Waals surface area contributed by atoms with Gasteiger partial charge < -0.3 is 5.73 Å². The Hall–Kier alpha value is -1.98. The number of imide groups is 1. The van der Waals surface area contributed by atoms with Crippen LogP contribution in [0.2, 0.25) is 5.02 Å². The smallest absolute Gasteiger partial charge is 0.259 e. The maximum Gasteiger partial charge on any atom is 0.259 e. The summed E-state index contributed by atoms with van der Waals surface area (Å²) in [4.78, 5) is 24.6. The molecule has 3 N–H and O–H groups in total. The van der Waals surface area contributed by atoms with E-state index < -0.39 is 5.91 Å². The van der Waals surface area contributed by atoms with Crippen LogP contribution in [-0.2, 0) is 4.79 Å². The first kappa shape index (κ1) is 15.4. The lowest BCUT2D eigenvalue weighted by atomic mass is 10.2. The Morgan fingerprint density at radius 2 is 1.76 bits per heavy atom. The van der Waals surface area contributed by atoms with Crippen LogP contribution in [0.5, 0.6) is 0 Å². The number of carbonyl (C=O) groups is 2. The van der Waals surface area contributed by atoms with Gasteiger partial charge in [-0.3, -0.25) is 14.9 Å². The number of nitrogen functional groups attached to an aromatic ring is 1. The first-order valence-corrected chi connectivity index (χ1v) is 7.49. The number of nitrogens with two attached hydrogens (primary N) is 1. The molecule has 4 nitrogen and oxygen atoms in total. The average molecular weight is 321 g/mol. The van der Waals surface area contributed by atoms with Gasteiger partial charge in [0.1, 0.15) is 0 Å². The number of anilines is 1. The summed E-state index contributed by atoms with van der Waals surface area (Å²) in [5, 5.41) is 2.62. The zero-order valence-corrected chi connectivity index (χ0v) is 12.6. The molecule has 2 aromatic carbocycles. The molecule has 0 saturated carbocycles. The predicted molar refractivity (Wildman–Crippen MR) is 85.5 cm³/mol. The molecular weight excluding hydrogens is 308 g/mol. The van der Waals surface area contributed by atoms with Crippen molar-refractivity contribution in [2.45, 2.75) is 4.90 Å². The Morgan fingerprint density at radius 3 is 2.43 bits per heavy atom. The molecule has 2 rings (SSSR count). The van der Waals surface area contributed by atoms with Crippen molar-refractivity contribution in [3.63, 3.8) is 0 Å². The summed E-state index contributed by atoms with van der Waals surface area (Å²) in [6, 6.07) is 13.7. The van der Waals surface area contributed by atoms with Gasteiger partial charge in [-0.1, -0.05) is 23.7 Å². The summed E-state index contributed by atoms with van der Waals surface area (Å²) in [6.07, 6.45) is 0. The molecule has 0 radical (unpaired) electrons. The molecule has 0 spiro atoms. The number of thioether (sulfide) groups is 1. The molecule has 21 heavy (non-hydrogen) atoms. The number of hydrogen-bond donors (Lipinski definition) is 2. The highest BCUT2D eigenvalue weighted by molar-refractivity contribution is 8.00. The lowest BCUT2D eigenvalue weighted by Gasteiger charge is -2.05. The van der Waals surface area contributed by atoms with Gasteiger partial charge in [-0.05, 0) is 36.4 Å². The molecule has 6 heteroatoms. The second-order valence-corrected chi connectivity index (χ2v) is 5.67. The lowest BCUT2D eigenvalue weighted by Crippen LogP contribution is -2.32. The number of nitrogens with one attached hydrogen (secondary N) is 1. The van der Waals surface area contributed by atoms with Crippen molar-refractivity contribution in [2.24, 2.45) is 0 Å². The second kappa shape index (κ2) is 7.15. The fraction of sp³-hybridized carbons (Fsp3) is 0.0667. The maximum atomic E-state index is 11.9. The third kappa shape index (κ3) is 4.51. The van der Waals surface area contributed by atoms with Gasteiger partial charge in [-0.25, -0.2) is 0 Å². The maximum absolute atomic E-state index is 11.9. The van der Waals surface area contributed by atoms with Crippen LogP contribution < -0.4 is 11.1 Å². The first-order chi connectivity index (χ1) is 10.1. The third-order valence-corrected chi connectivity index (χ3v) is 3.96. The molecular formula is C15H13ClN2O2S. The average Bonchev–Trinajstić information content (AvgIpc) is 2.47. The monoisotopic (exact) mass is 320 g/mol. The predicted octanol–water partition coefficient (Wildman–Crippen LogP) is 2.97. The van der Waals surface area contributed by atoms with Crippen molar-refractivity contribution in [1.29, 1.82) is 0 Å². The molecule has 0 aromatic heterocycles. The van der Waals surface area contributed by atoms with Gasteiger partial charge in [0.25, 0.3) is 5.91 Å². The van der Waals surface area contributed by atoms with Crippen molar-refractivity contribution in [2.75, 3.05) is 11.5 Å². The summed E-state index contributed by atoms with van der Waals surface area (Å²) in [5.74, 6) is -0.731. The zero-order chi connectivity index (χ0) is 15.2. The molecule has 0 fully saturated rings. The SMILES string of the molecule is Nc1ccc(SCC(=O)NC(=O)c2ccccc2Cl)cc1. The molecule has 2 amide bonds. The minimum absolute atomic E-state index is 0.139. The molecule has 108 valence electrons. The summed E-state index contributed by atoms with van der Waals surface area (Å²) in [5.41, 5.74) is 6.53. The van der Waals surface area contributed by atoms with Crippen LogP contribution in [0.15, 0.2) is 53.4 Å². The fourth-order valence-electron chi connectivity index (χ4n) is 1.59. The minimum Gasteiger partial charge on any atom is -0.399 e. The van der Waals surface area contributed by atoms with Crippen LogP contribution in [0.4, 0.5) is 5.69 Å². The van der Waals surface area contributed by atoms with Crippen LogP contribution in [0.3, 0.4) is 0 Å². The largest absolute Gasteiger partial charge is 0.399 e. The van der Waals surface area contributed by atoms with E-state index in [1.807, 2.05) is 12.1 Å². The molecule has 0 saturated heterocycles. The van der Waals surface area contributed by atoms with Gasteiger partial charge in [0.15, 0.2) is 0 Å². The zero-order valence-electron chi connectivity index (χ0n) is 11.0. The molecule has 2 aromatic rings. The van der Waals surface area contributed by atoms with E-state index in [1.165, 1.54) is 11.8 Å².